The van der Waals surface area contributed by atoms with Crippen LogP contribution in [0.25, 0.3) is 0 Å². The molecule has 2 nitrogen and oxygen atoms in total. The van der Waals surface area contributed by atoms with Crippen molar-refractivity contribution in [3.05, 3.63) is 35.9 Å². The standard InChI is InChI=1S/C11H15NO.ClH/c1-9-11(12-7-8-13-9)10-5-3-2-4-6-10;/h2-6,9,11-12H,7-8H2,1H3;1H. The highest BCUT2D eigenvalue weighted by Crippen LogP contribution is 2.20. The zero-order chi connectivity index (χ0) is 9.10. The summed E-state index contributed by atoms with van der Waals surface area (Å²) in [6.45, 7) is 3.89. The maximum atomic E-state index is 5.58. The van der Waals surface area contributed by atoms with Gasteiger partial charge in [0.2, 0.25) is 0 Å². The van der Waals surface area contributed by atoms with E-state index in [1.54, 1.807) is 0 Å². The second kappa shape index (κ2) is 5.35. The molecule has 0 aliphatic carbocycles. The van der Waals surface area contributed by atoms with Crippen LogP contribution in [0.5, 0.6) is 0 Å². The van der Waals surface area contributed by atoms with Crippen LogP contribution in [0.4, 0.5) is 0 Å². The van der Waals surface area contributed by atoms with Gasteiger partial charge in [0.05, 0.1) is 18.8 Å². The van der Waals surface area contributed by atoms with Gasteiger partial charge in [-0.25, -0.2) is 0 Å². The van der Waals surface area contributed by atoms with E-state index in [0.717, 1.165) is 13.2 Å². The van der Waals surface area contributed by atoms with Crippen molar-refractivity contribution >= 4 is 12.4 Å². The third-order valence-corrected chi connectivity index (χ3v) is 2.48. The first-order chi connectivity index (χ1) is 6.38. The Bertz CT molecular complexity index is 265. The van der Waals surface area contributed by atoms with Crippen molar-refractivity contribution in [1.82, 2.24) is 5.32 Å². The molecule has 2 unspecified atom stereocenters. The molecule has 1 aromatic carbocycles. The Kier molecular flexibility index (Phi) is 4.39. The molecule has 78 valence electrons. The third-order valence-electron chi connectivity index (χ3n) is 2.48. The number of hydrogen-bond donors (Lipinski definition) is 1. The molecule has 2 atom stereocenters. The van der Waals surface area contributed by atoms with Crippen LogP contribution in [0.1, 0.15) is 18.5 Å². The van der Waals surface area contributed by atoms with E-state index in [1.165, 1.54) is 5.56 Å². The Morgan fingerprint density at radius 2 is 2.00 bits per heavy atom. The summed E-state index contributed by atoms with van der Waals surface area (Å²) in [7, 11) is 0. The number of hydrogen-bond acceptors (Lipinski definition) is 2. The van der Waals surface area contributed by atoms with Crippen molar-refractivity contribution in [2.75, 3.05) is 13.2 Å². The maximum Gasteiger partial charge on any atom is 0.0742 e. The highest BCUT2D eigenvalue weighted by Gasteiger charge is 2.22. The lowest BCUT2D eigenvalue weighted by Gasteiger charge is -2.30. The van der Waals surface area contributed by atoms with Gasteiger partial charge in [0.15, 0.2) is 0 Å². The molecule has 3 heteroatoms. The molecule has 1 N–H and O–H groups in total. The van der Waals surface area contributed by atoms with Gasteiger partial charge >= 0.3 is 0 Å². The second-order valence-corrected chi connectivity index (χ2v) is 3.42. The van der Waals surface area contributed by atoms with Crippen LogP contribution in [0.2, 0.25) is 0 Å². The highest BCUT2D eigenvalue weighted by atomic mass is 35.5. The Morgan fingerprint density at radius 1 is 1.29 bits per heavy atom. The summed E-state index contributed by atoms with van der Waals surface area (Å²) < 4.78 is 5.58. The minimum absolute atomic E-state index is 0. The smallest absolute Gasteiger partial charge is 0.0742 e. The highest BCUT2D eigenvalue weighted by molar-refractivity contribution is 5.85. The Hall–Kier alpha value is -0.570. The van der Waals surface area contributed by atoms with Crippen LogP contribution in [0.15, 0.2) is 30.3 Å². The quantitative estimate of drug-likeness (QED) is 0.772. The zero-order valence-electron chi connectivity index (χ0n) is 8.27. The fourth-order valence-corrected chi connectivity index (χ4v) is 1.77. The molecular formula is C11H16ClNO. The SMILES string of the molecule is CC1OCCNC1c1ccccc1.Cl. The van der Waals surface area contributed by atoms with E-state index in [2.05, 4.69) is 36.5 Å². The van der Waals surface area contributed by atoms with Gasteiger partial charge in [-0.15, -0.1) is 12.4 Å². The summed E-state index contributed by atoms with van der Waals surface area (Å²) in [5.74, 6) is 0. The topological polar surface area (TPSA) is 21.3 Å². The predicted octanol–water partition coefficient (Wildman–Crippen LogP) is 2.16. The molecular weight excluding hydrogens is 198 g/mol. The van der Waals surface area contributed by atoms with Crippen LogP contribution >= 0.6 is 12.4 Å². The molecule has 2 rings (SSSR count). The van der Waals surface area contributed by atoms with E-state index >= 15 is 0 Å². The minimum Gasteiger partial charge on any atom is -0.375 e. The molecule has 14 heavy (non-hydrogen) atoms. The van der Waals surface area contributed by atoms with Crippen molar-refractivity contribution < 1.29 is 4.74 Å². The van der Waals surface area contributed by atoms with Crippen LogP contribution < -0.4 is 5.32 Å². The van der Waals surface area contributed by atoms with E-state index in [-0.39, 0.29) is 18.5 Å². The number of nitrogens with one attached hydrogen (secondary N) is 1. The summed E-state index contributed by atoms with van der Waals surface area (Å²) in [4.78, 5) is 0. The number of morpholine rings is 1. The van der Waals surface area contributed by atoms with Gasteiger partial charge in [0.1, 0.15) is 0 Å². The summed E-state index contributed by atoms with van der Waals surface area (Å²) in [6, 6.07) is 10.8. The fourth-order valence-electron chi connectivity index (χ4n) is 1.77. The van der Waals surface area contributed by atoms with Gasteiger partial charge < -0.3 is 10.1 Å². The van der Waals surface area contributed by atoms with E-state index in [0.29, 0.717) is 6.04 Å². The molecule has 1 heterocycles. The van der Waals surface area contributed by atoms with E-state index < -0.39 is 0 Å². The molecule has 0 spiro atoms. The molecule has 0 bridgehead atoms. The molecule has 0 amide bonds. The summed E-state index contributed by atoms with van der Waals surface area (Å²) in [5.41, 5.74) is 1.31. The van der Waals surface area contributed by atoms with Gasteiger partial charge in [-0.3, -0.25) is 0 Å². The molecule has 1 aromatic rings. The van der Waals surface area contributed by atoms with Crippen molar-refractivity contribution in [3.8, 4) is 0 Å². The summed E-state index contributed by atoms with van der Waals surface area (Å²) in [5, 5.41) is 3.46. The Labute approximate surface area is 91.1 Å². The van der Waals surface area contributed by atoms with Gasteiger partial charge in [0.25, 0.3) is 0 Å². The number of halogens is 1. The summed E-state index contributed by atoms with van der Waals surface area (Å²) in [6.07, 6.45) is 0.274. The van der Waals surface area contributed by atoms with Crippen LogP contribution in [0, 0.1) is 0 Å². The van der Waals surface area contributed by atoms with Crippen molar-refractivity contribution in [2.24, 2.45) is 0 Å². The van der Waals surface area contributed by atoms with Gasteiger partial charge in [0, 0.05) is 6.54 Å². The number of ether oxygens (including phenoxy) is 1. The zero-order valence-corrected chi connectivity index (χ0v) is 9.09. The average molecular weight is 214 g/mol. The number of benzene rings is 1. The number of rotatable bonds is 1. The maximum absolute atomic E-state index is 5.58. The Morgan fingerprint density at radius 3 is 2.64 bits per heavy atom. The van der Waals surface area contributed by atoms with Gasteiger partial charge in [-0.2, -0.15) is 0 Å². The van der Waals surface area contributed by atoms with E-state index in [9.17, 15) is 0 Å². The first-order valence-electron chi connectivity index (χ1n) is 4.78. The predicted molar refractivity (Wildman–Crippen MR) is 59.8 cm³/mol. The first kappa shape index (κ1) is 11.5. The van der Waals surface area contributed by atoms with Gasteiger partial charge in [-0.05, 0) is 12.5 Å². The Balaban J connectivity index is 0.000000980. The lowest BCUT2D eigenvalue weighted by molar-refractivity contribution is 0.00756. The van der Waals surface area contributed by atoms with E-state index in [4.69, 9.17) is 4.74 Å². The molecule has 1 fully saturated rings. The normalized spacial score (nSPS) is 26.6. The lowest BCUT2D eigenvalue weighted by Crippen LogP contribution is -2.40. The fraction of sp³-hybridized carbons (Fsp3) is 0.455. The lowest BCUT2D eigenvalue weighted by atomic mass is 10.0. The third kappa shape index (κ3) is 2.47. The molecule has 1 saturated heterocycles. The van der Waals surface area contributed by atoms with E-state index in [1.807, 2.05) is 6.07 Å². The van der Waals surface area contributed by atoms with Crippen molar-refractivity contribution in [2.45, 2.75) is 19.1 Å². The minimum atomic E-state index is 0. The van der Waals surface area contributed by atoms with Crippen LogP contribution in [-0.4, -0.2) is 19.3 Å². The summed E-state index contributed by atoms with van der Waals surface area (Å²) >= 11 is 0. The largest absolute Gasteiger partial charge is 0.375 e. The van der Waals surface area contributed by atoms with Crippen molar-refractivity contribution in [1.29, 1.82) is 0 Å². The van der Waals surface area contributed by atoms with Crippen molar-refractivity contribution in [3.63, 3.8) is 0 Å². The monoisotopic (exact) mass is 213 g/mol. The average Bonchev–Trinajstić information content (AvgIpc) is 2.20. The molecule has 0 radical (unpaired) electrons. The second-order valence-electron chi connectivity index (χ2n) is 3.42. The molecule has 0 aromatic heterocycles. The molecule has 1 aliphatic rings. The van der Waals surface area contributed by atoms with Crippen LogP contribution in [0.3, 0.4) is 0 Å². The first-order valence-corrected chi connectivity index (χ1v) is 4.78. The van der Waals surface area contributed by atoms with Crippen LogP contribution in [-0.2, 0) is 4.74 Å². The molecule has 0 saturated carbocycles. The molecule has 1 aliphatic heterocycles. The van der Waals surface area contributed by atoms with Gasteiger partial charge in [-0.1, -0.05) is 30.3 Å².